The molecule has 4 heteroatoms. The van der Waals surface area contributed by atoms with E-state index in [-0.39, 0.29) is 9.64 Å². The highest BCUT2D eigenvalue weighted by atomic mass is 79.9. The Bertz CT molecular complexity index is 300. The fourth-order valence-electron chi connectivity index (χ4n) is 1.10. The molecule has 0 N–H and O–H groups in total. The summed E-state index contributed by atoms with van der Waals surface area (Å²) in [6.07, 6.45) is 0. The van der Waals surface area contributed by atoms with Crippen LogP contribution in [0.1, 0.15) is 5.56 Å². The zero-order valence-corrected chi connectivity index (χ0v) is 11.0. The van der Waals surface area contributed by atoms with Gasteiger partial charge in [-0.05, 0) is 5.56 Å². The topological polar surface area (TPSA) is 20.3 Å². The van der Waals surface area contributed by atoms with Crippen LogP contribution in [0.3, 0.4) is 0 Å². The van der Waals surface area contributed by atoms with E-state index in [9.17, 15) is 4.79 Å². The van der Waals surface area contributed by atoms with Gasteiger partial charge in [0.15, 0.2) is 0 Å². The molecular formula is C10H11Br2NO. The van der Waals surface area contributed by atoms with Gasteiger partial charge in [0, 0.05) is 13.6 Å². The molecule has 0 fully saturated rings. The minimum Gasteiger partial charge on any atom is -0.340 e. The first kappa shape index (κ1) is 11.7. The van der Waals surface area contributed by atoms with Crippen molar-refractivity contribution in [2.75, 3.05) is 7.05 Å². The summed E-state index contributed by atoms with van der Waals surface area (Å²) in [5, 5.41) is 0. The van der Waals surface area contributed by atoms with Crippen LogP contribution < -0.4 is 0 Å². The molecule has 0 radical (unpaired) electrons. The molecule has 0 aliphatic rings. The van der Waals surface area contributed by atoms with Crippen LogP contribution in [0.25, 0.3) is 0 Å². The number of hydrogen-bond donors (Lipinski definition) is 0. The standard InChI is InChI=1S/C10H11Br2NO/c1-13(10(14)9(11)12)7-8-5-3-2-4-6-8/h2-6,9H,7H2,1H3. The molecule has 14 heavy (non-hydrogen) atoms. The highest BCUT2D eigenvalue weighted by molar-refractivity contribution is 9.25. The van der Waals surface area contributed by atoms with Gasteiger partial charge in [-0.25, -0.2) is 0 Å². The van der Waals surface area contributed by atoms with Gasteiger partial charge < -0.3 is 4.90 Å². The molecule has 76 valence electrons. The Morgan fingerprint density at radius 1 is 1.36 bits per heavy atom. The summed E-state index contributed by atoms with van der Waals surface area (Å²) >= 11 is 6.36. The molecule has 0 aliphatic heterocycles. The minimum absolute atomic E-state index is 0.0221. The van der Waals surface area contributed by atoms with Crippen molar-refractivity contribution >= 4 is 37.8 Å². The molecule has 0 aromatic heterocycles. The molecular weight excluding hydrogens is 310 g/mol. The summed E-state index contributed by atoms with van der Waals surface area (Å²) < 4.78 is -0.302. The molecule has 0 saturated heterocycles. The Labute approximate surface area is 101 Å². The van der Waals surface area contributed by atoms with Gasteiger partial charge >= 0.3 is 0 Å². The van der Waals surface area contributed by atoms with E-state index in [1.165, 1.54) is 0 Å². The number of rotatable bonds is 3. The SMILES string of the molecule is CN(Cc1ccccc1)C(=O)C(Br)Br. The van der Waals surface area contributed by atoms with Crippen molar-refractivity contribution in [3.63, 3.8) is 0 Å². The predicted molar refractivity (Wildman–Crippen MR) is 64.6 cm³/mol. The zero-order valence-electron chi connectivity index (χ0n) is 7.78. The van der Waals surface area contributed by atoms with Crippen LogP contribution in [0.15, 0.2) is 30.3 Å². The van der Waals surface area contributed by atoms with Crippen LogP contribution in [0.5, 0.6) is 0 Å². The van der Waals surface area contributed by atoms with Crippen LogP contribution in [0.4, 0.5) is 0 Å². The molecule has 0 atom stereocenters. The molecule has 0 bridgehead atoms. The average Bonchev–Trinajstić information content (AvgIpc) is 2.18. The lowest BCUT2D eigenvalue weighted by Gasteiger charge is -2.17. The summed E-state index contributed by atoms with van der Waals surface area (Å²) in [6, 6.07) is 9.90. The Kier molecular flexibility index (Phi) is 4.62. The van der Waals surface area contributed by atoms with Gasteiger partial charge in [0.25, 0.3) is 0 Å². The number of carbonyl (C=O) groups excluding carboxylic acids is 1. The van der Waals surface area contributed by atoms with E-state index in [4.69, 9.17) is 0 Å². The van der Waals surface area contributed by atoms with E-state index < -0.39 is 0 Å². The summed E-state index contributed by atoms with van der Waals surface area (Å²) in [7, 11) is 1.78. The average molecular weight is 321 g/mol. The van der Waals surface area contributed by atoms with Crippen molar-refractivity contribution in [1.82, 2.24) is 4.90 Å². The third kappa shape index (κ3) is 3.42. The van der Waals surface area contributed by atoms with Gasteiger partial charge in [-0.3, -0.25) is 4.79 Å². The monoisotopic (exact) mass is 319 g/mol. The van der Waals surface area contributed by atoms with Crippen molar-refractivity contribution in [3.05, 3.63) is 35.9 Å². The van der Waals surface area contributed by atoms with Gasteiger partial charge in [0.2, 0.25) is 5.91 Å². The normalized spacial score (nSPS) is 10.3. The predicted octanol–water partition coefficient (Wildman–Crippen LogP) is 2.76. The van der Waals surface area contributed by atoms with Crippen LogP contribution in [-0.2, 0) is 11.3 Å². The number of nitrogens with zero attached hydrogens (tertiary/aromatic N) is 1. The molecule has 0 heterocycles. The maximum atomic E-state index is 11.5. The third-order valence-corrected chi connectivity index (χ3v) is 2.61. The summed E-state index contributed by atoms with van der Waals surface area (Å²) in [5.74, 6) is 0.0221. The molecule has 0 aliphatic carbocycles. The zero-order chi connectivity index (χ0) is 10.6. The first-order chi connectivity index (χ1) is 6.61. The molecule has 0 unspecified atom stereocenters. The maximum absolute atomic E-state index is 11.5. The number of alkyl halides is 2. The second kappa shape index (κ2) is 5.51. The van der Waals surface area contributed by atoms with E-state index in [1.807, 2.05) is 30.3 Å². The Morgan fingerprint density at radius 3 is 2.43 bits per heavy atom. The van der Waals surface area contributed by atoms with Gasteiger partial charge in [-0.2, -0.15) is 0 Å². The first-order valence-corrected chi connectivity index (χ1v) is 6.01. The molecule has 2 nitrogen and oxygen atoms in total. The quantitative estimate of drug-likeness (QED) is 0.784. The molecule has 0 spiro atoms. The molecule has 1 aromatic carbocycles. The van der Waals surface area contributed by atoms with Crippen molar-refractivity contribution in [1.29, 1.82) is 0 Å². The van der Waals surface area contributed by atoms with Crippen LogP contribution in [0.2, 0.25) is 0 Å². The first-order valence-electron chi connectivity index (χ1n) is 4.18. The smallest absolute Gasteiger partial charge is 0.247 e. The molecule has 0 saturated carbocycles. The number of carbonyl (C=O) groups is 1. The van der Waals surface area contributed by atoms with Gasteiger partial charge in [0.05, 0.1) is 0 Å². The lowest BCUT2D eigenvalue weighted by molar-refractivity contribution is -0.128. The largest absolute Gasteiger partial charge is 0.340 e. The molecule has 1 aromatic rings. The van der Waals surface area contributed by atoms with E-state index in [2.05, 4.69) is 31.9 Å². The minimum atomic E-state index is -0.302. The van der Waals surface area contributed by atoms with Crippen LogP contribution in [0, 0.1) is 0 Å². The lowest BCUT2D eigenvalue weighted by atomic mass is 10.2. The van der Waals surface area contributed by atoms with Crippen LogP contribution in [-0.4, -0.2) is 21.6 Å². The van der Waals surface area contributed by atoms with E-state index >= 15 is 0 Å². The van der Waals surface area contributed by atoms with Gasteiger partial charge in [-0.1, -0.05) is 62.2 Å². The highest BCUT2D eigenvalue weighted by Gasteiger charge is 2.15. The summed E-state index contributed by atoms with van der Waals surface area (Å²) in [5.41, 5.74) is 1.13. The summed E-state index contributed by atoms with van der Waals surface area (Å²) in [4.78, 5) is 13.1. The lowest BCUT2D eigenvalue weighted by Crippen LogP contribution is -2.30. The van der Waals surface area contributed by atoms with Crippen molar-refractivity contribution < 1.29 is 4.79 Å². The molecule has 1 amide bonds. The maximum Gasteiger partial charge on any atom is 0.247 e. The number of amides is 1. The Balaban J connectivity index is 2.57. The van der Waals surface area contributed by atoms with E-state index in [1.54, 1.807) is 11.9 Å². The number of benzene rings is 1. The van der Waals surface area contributed by atoms with Crippen LogP contribution >= 0.6 is 31.9 Å². The number of hydrogen-bond acceptors (Lipinski definition) is 1. The van der Waals surface area contributed by atoms with Gasteiger partial charge in [-0.15, -0.1) is 0 Å². The fraction of sp³-hybridized carbons (Fsp3) is 0.300. The Hall–Kier alpha value is -0.350. The highest BCUT2D eigenvalue weighted by Crippen LogP contribution is 2.13. The number of halogens is 2. The van der Waals surface area contributed by atoms with Crippen molar-refractivity contribution in [2.24, 2.45) is 0 Å². The third-order valence-electron chi connectivity index (χ3n) is 1.83. The fourth-order valence-corrected chi connectivity index (χ4v) is 1.80. The van der Waals surface area contributed by atoms with Crippen molar-refractivity contribution in [2.45, 2.75) is 10.3 Å². The molecule has 1 rings (SSSR count). The second-order valence-corrected chi connectivity index (χ2v) is 6.04. The summed E-state index contributed by atoms with van der Waals surface area (Å²) in [6.45, 7) is 0.632. The second-order valence-electron chi connectivity index (χ2n) is 2.98. The Morgan fingerprint density at radius 2 is 1.93 bits per heavy atom. The van der Waals surface area contributed by atoms with E-state index in [0.717, 1.165) is 5.56 Å². The van der Waals surface area contributed by atoms with E-state index in [0.29, 0.717) is 6.54 Å². The van der Waals surface area contributed by atoms with Crippen molar-refractivity contribution in [3.8, 4) is 0 Å². The van der Waals surface area contributed by atoms with Gasteiger partial charge in [0.1, 0.15) is 3.74 Å².